The fourth-order valence-electron chi connectivity index (χ4n) is 4.40. The van der Waals surface area contributed by atoms with Crippen molar-refractivity contribution in [3.63, 3.8) is 0 Å². The van der Waals surface area contributed by atoms with Crippen LogP contribution >= 0.6 is 0 Å². The molecule has 0 amide bonds. The predicted octanol–water partition coefficient (Wildman–Crippen LogP) is 10.8. The zero-order chi connectivity index (χ0) is 26.5. The Morgan fingerprint density at radius 1 is 0.541 bits per heavy atom. The number of hydrogen-bond donors (Lipinski definition) is 1. The Balaban J connectivity index is 0.00000156. The van der Waals surface area contributed by atoms with E-state index in [0.29, 0.717) is 11.4 Å². The standard InChI is InChI=1S/C30H26N4O.C2H6/c1-18-10-11-24-25(16-18)27(15-14-26(24)32-31-22-8-6-5-7-9-22)33-34-28-13-12-23-20(3)17-19(2)21(4)29(23)30(28)35;1-2/h5-17,35H,1-4H3;1-2H3. The van der Waals surface area contributed by atoms with Gasteiger partial charge in [0.05, 0.1) is 17.1 Å². The van der Waals surface area contributed by atoms with Crippen LogP contribution in [0.3, 0.4) is 0 Å². The molecule has 0 bridgehead atoms. The van der Waals surface area contributed by atoms with Gasteiger partial charge in [-0.3, -0.25) is 0 Å². The highest BCUT2D eigenvalue weighted by Crippen LogP contribution is 2.41. The van der Waals surface area contributed by atoms with Crippen LogP contribution in [-0.2, 0) is 0 Å². The normalized spacial score (nSPS) is 11.4. The first kappa shape index (κ1) is 25.7. The number of azo groups is 2. The van der Waals surface area contributed by atoms with Crippen molar-refractivity contribution in [1.82, 2.24) is 0 Å². The second-order valence-corrected chi connectivity index (χ2v) is 8.88. The summed E-state index contributed by atoms with van der Waals surface area (Å²) in [6, 6.07) is 25.6. The molecule has 0 aromatic heterocycles. The summed E-state index contributed by atoms with van der Waals surface area (Å²) < 4.78 is 0. The highest BCUT2D eigenvalue weighted by Gasteiger charge is 2.13. The first-order valence-electron chi connectivity index (χ1n) is 12.6. The number of aromatic hydroxyl groups is 1. The van der Waals surface area contributed by atoms with Gasteiger partial charge < -0.3 is 5.11 Å². The summed E-state index contributed by atoms with van der Waals surface area (Å²) in [7, 11) is 0. The zero-order valence-electron chi connectivity index (χ0n) is 22.2. The van der Waals surface area contributed by atoms with Crippen LogP contribution < -0.4 is 0 Å². The van der Waals surface area contributed by atoms with Crippen LogP contribution in [0.15, 0.2) is 99.3 Å². The maximum Gasteiger partial charge on any atom is 0.151 e. The molecule has 0 spiro atoms. The number of aryl methyl sites for hydroxylation is 4. The lowest BCUT2D eigenvalue weighted by Crippen LogP contribution is -1.88. The van der Waals surface area contributed by atoms with Crippen LogP contribution in [0.2, 0.25) is 0 Å². The molecule has 0 aliphatic carbocycles. The Morgan fingerprint density at radius 3 is 1.86 bits per heavy atom. The van der Waals surface area contributed by atoms with E-state index in [1.807, 2.05) is 94.4 Å². The van der Waals surface area contributed by atoms with Crippen molar-refractivity contribution in [2.45, 2.75) is 41.5 Å². The van der Waals surface area contributed by atoms with Gasteiger partial charge in [-0.15, -0.1) is 15.3 Å². The van der Waals surface area contributed by atoms with Gasteiger partial charge in [0.2, 0.25) is 0 Å². The van der Waals surface area contributed by atoms with Crippen molar-refractivity contribution in [3.05, 3.63) is 101 Å². The average molecular weight is 489 g/mol. The van der Waals surface area contributed by atoms with Gasteiger partial charge in [0.15, 0.2) is 5.75 Å². The topological polar surface area (TPSA) is 69.7 Å². The minimum atomic E-state index is 0.157. The van der Waals surface area contributed by atoms with Gasteiger partial charge in [0.1, 0.15) is 5.69 Å². The molecular formula is C32H32N4O. The lowest BCUT2D eigenvalue weighted by atomic mass is 9.95. The molecule has 5 nitrogen and oxygen atoms in total. The quantitative estimate of drug-likeness (QED) is 0.251. The number of hydrogen-bond acceptors (Lipinski definition) is 5. The number of phenols is 1. The number of fused-ring (bicyclic) bond motifs is 2. The number of nitrogens with zero attached hydrogens (tertiary/aromatic N) is 4. The molecule has 0 saturated heterocycles. The summed E-state index contributed by atoms with van der Waals surface area (Å²) in [6.45, 7) is 12.2. The molecule has 0 atom stereocenters. The SMILES string of the molecule is CC.Cc1ccc2c(N=Nc3ccccc3)ccc(N=Nc3ccc4c(C)cc(C)c(C)c4c3O)c2c1. The van der Waals surface area contributed by atoms with E-state index >= 15 is 0 Å². The van der Waals surface area contributed by atoms with Crippen LogP contribution in [0.1, 0.15) is 36.1 Å². The summed E-state index contributed by atoms with van der Waals surface area (Å²) >= 11 is 0. The Labute approximate surface area is 218 Å². The molecule has 0 fully saturated rings. The summed E-state index contributed by atoms with van der Waals surface area (Å²) in [6.07, 6.45) is 0. The third-order valence-electron chi connectivity index (χ3n) is 6.40. The Kier molecular flexibility index (Phi) is 7.73. The van der Waals surface area contributed by atoms with Crippen molar-refractivity contribution in [2.24, 2.45) is 20.5 Å². The fourth-order valence-corrected chi connectivity index (χ4v) is 4.40. The Hall–Kier alpha value is -4.38. The molecule has 0 aliphatic heterocycles. The molecule has 5 heteroatoms. The highest BCUT2D eigenvalue weighted by molar-refractivity contribution is 6.00. The zero-order valence-corrected chi connectivity index (χ0v) is 22.2. The molecule has 0 saturated carbocycles. The van der Waals surface area contributed by atoms with E-state index in [9.17, 15) is 5.11 Å². The monoisotopic (exact) mass is 488 g/mol. The Bertz CT molecular complexity index is 1640. The van der Waals surface area contributed by atoms with Crippen LogP contribution in [-0.4, -0.2) is 5.11 Å². The maximum atomic E-state index is 11.1. The second kappa shape index (κ2) is 11.1. The molecule has 0 heterocycles. The second-order valence-electron chi connectivity index (χ2n) is 8.88. The van der Waals surface area contributed by atoms with E-state index in [1.54, 1.807) is 0 Å². The molecule has 186 valence electrons. The first-order chi connectivity index (χ1) is 17.9. The maximum absolute atomic E-state index is 11.1. The third kappa shape index (κ3) is 5.26. The van der Waals surface area contributed by atoms with Gasteiger partial charge in [-0.05, 0) is 86.2 Å². The van der Waals surface area contributed by atoms with Gasteiger partial charge in [-0.2, -0.15) is 5.11 Å². The van der Waals surface area contributed by atoms with Crippen LogP contribution in [0.5, 0.6) is 5.75 Å². The summed E-state index contributed by atoms with van der Waals surface area (Å²) in [5.41, 5.74) is 7.14. The Morgan fingerprint density at radius 2 is 1.14 bits per heavy atom. The van der Waals surface area contributed by atoms with Crippen molar-refractivity contribution in [2.75, 3.05) is 0 Å². The van der Waals surface area contributed by atoms with Crippen molar-refractivity contribution < 1.29 is 5.11 Å². The highest BCUT2D eigenvalue weighted by atomic mass is 16.3. The smallest absolute Gasteiger partial charge is 0.151 e. The van der Waals surface area contributed by atoms with Gasteiger partial charge >= 0.3 is 0 Å². The predicted molar refractivity (Wildman–Crippen MR) is 155 cm³/mol. The van der Waals surface area contributed by atoms with Crippen molar-refractivity contribution in [3.8, 4) is 5.75 Å². The molecule has 5 aromatic carbocycles. The average Bonchev–Trinajstić information content (AvgIpc) is 2.91. The molecular weight excluding hydrogens is 456 g/mol. The summed E-state index contributed by atoms with van der Waals surface area (Å²) in [5.74, 6) is 0.157. The van der Waals surface area contributed by atoms with Crippen LogP contribution in [0.4, 0.5) is 22.7 Å². The van der Waals surface area contributed by atoms with Gasteiger partial charge in [-0.25, -0.2) is 0 Å². The number of phenolic OH excluding ortho intramolecular Hbond substituents is 1. The van der Waals surface area contributed by atoms with Crippen LogP contribution in [0, 0.1) is 27.7 Å². The van der Waals surface area contributed by atoms with E-state index < -0.39 is 0 Å². The van der Waals surface area contributed by atoms with Gasteiger partial charge in [0.25, 0.3) is 0 Å². The van der Waals surface area contributed by atoms with E-state index in [2.05, 4.69) is 46.4 Å². The van der Waals surface area contributed by atoms with Gasteiger partial charge in [-0.1, -0.05) is 61.9 Å². The molecule has 1 N–H and O–H groups in total. The van der Waals surface area contributed by atoms with Crippen molar-refractivity contribution >= 4 is 44.3 Å². The largest absolute Gasteiger partial charge is 0.505 e. The molecule has 0 aliphatic rings. The summed E-state index contributed by atoms with van der Waals surface area (Å²) in [5, 5.41) is 32.6. The molecule has 37 heavy (non-hydrogen) atoms. The first-order valence-corrected chi connectivity index (χ1v) is 12.6. The lowest BCUT2D eigenvalue weighted by molar-refractivity contribution is 0.482. The number of benzene rings is 5. The van der Waals surface area contributed by atoms with Crippen molar-refractivity contribution in [1.29, 1.82) is 0 Å². The van der Waals surface area contributed by atoms with Crippen LogP contribution in [0.25, 0.3) is 21.5 Å². The molecule has 0 unspecified atom stereocenters. The molecule has 5 rings (SSSR count). The number of rotatable bonds is 4. The lowest BCUT2D eigenvalue weighted by Gasteiger charge is -2.12. The van der Waals surface area contributed by atoms with E-state index in [-0.39, 0.29) is 5.75 Å². The van der Waals surface area contributed by atoms with E-state index in [1.165, 1.54) is 0 Å². The van der Waals surface area contributed by atoms with Gasteiger partial charge in [0, 0.05) is 16.2 Å². The summed E-state index contributed by atoms with van der Waals surface area (Å²) in [4.78, 5) is 0. The third-order valence-corrected chi connectivity index (χ3v) is 6.40. The van der Waals surface area contributed by atoms with E-state index in [0.717, 1.165) is 55.2 Å². The molecule has 0 radical (unpaired) electrons. The minimum Gasteiger partial charge on any atom is -0.505 e. The minimum absolute atomic E-state index is 0.157. The fraction of sp³-hybridized carbons (Fsp3) is 0.188. The molecule has 5 aromatic rings. The van der Waals surface area contributed by atoms with E-state index in [4.69, 9.17) is 0 Å².